The van der Waals surface area contributed by atoms with Gasteiger partial charge >= 0.3 is 6.03 Å². The highest BCUT2D eigenvalue weighted by molar-refractivity contribution is 5.88. The van der Waals surface area contributed by atoms with E-state index < -0.39 is 6.04 Å². The van der Waals surface area contributed by atoms with E-state index in [1.807, 2.05) is 30.3 Å². The van der Waals surface area contributed by atoms with Crippen molar-refractivity contribution in [3.05, 3.63) is 36.1 Å². The zero-order chi connectivity index (χ0) is 15.7. The van der Waals surface area contributed by atoms with Gasteiger partial charge in [0.2, 0.25) is 5.91 Å². The summed E-state index contributed by atoms with van der Waals surface area (Å²) in [4.78, 5) is 27.1. The quantitative estimate of drug-likeness (QED) is 0.940. The second-order valence-electron chi connectivity index (χ2n) is 5.66. The van der Waals surface area contributed by atoms with Crippen LogP contribution in [0, 0.1) is 0 Å². The summed E-state index contributed by atoms with van der Waals surface area (Å²) in [6.07, 6.45) is 0.652. The van der Waals surface area contributed by atoms with Gasteiger partial charge in [-0.1, -0.05) is 18.2 Å². The number of hydrogen-bond acceptors (Lipinski definition) is 3. The van der Waals surface area contributed by atoms with E-state index in [4.69, 9.17) is 4.42 Å². The molecular formula is C16H19N3O3. The Morgan fingerprint density at radius 2 is 2.23 bits per heavy atom. The molecule has 2 heterocycles. The van der Waals surface area contributed by atoms with Crippen molar-refractivity contribution in [2.75, 3.05) is 20.6 Å². The maximum Gasteiger partial charge on any atom is 0.318 e. The fourth-order valence-electron chi connectivity index (χ4n) is 2.64. The Morgan fingerprint density at radius 1 is 1.45 bits per heavy atom. The molecular weight excluding hydrogens is 282 g/mol. The van der Waals surface area contributed by atoms with Crippen molar-refractivity contribution in [3.63, 3.8) is 0 Å². The molecule has 1 aromatic carbocycles. The molecule has 1 aliphatic heterocycles. The average Bonchev–Trinajstić information content (AvgIpc) is 3.04. The molecule has 1 aromatic heterocycles. The van der Waals surface area contributed by atoms with Crippen LogP contribution in [0.1, 0.15) is 12.2 Å². The van der Waals surface area contributed by atoms with Crippen molar-refractivity contribution in [2.24, 2.45) is 0 Å². The molecule has 1 fully saturated rings. The minimum atomic E-state index is -0.421. The molecule has 6 heteroatoms. The fraction of sp³-hybridized carbons (Fsp3) is 0.375. The molecule has 0 bridgehead atoms. The molecule has 3 rings (SSSR count). The van der Waals surface area contributed by atoms with E-state index in [0.717, 1.165) is 11.0 Å². The van der Waals surface area contributed by atoms with Crippen LogP contribution in [0.4, 0.5) is 4.79 Å². The van der Waals surface area contributed by atoms with Gasteiger partial charge in [0, 0.05) is 26.0 Å². The summed E-state index contributed by atoms with van der Waals surface area (Å²) in [5.74, 6) is 0.680. The number of para-hydroxylation sites is 1. The molecule has 1 atom stereocenters. The molecule has 0 unspecified atom stereocenters. The summed E-state index contributed by atoms with van der Waals surface area (Å²) in [6, 6.07) is 8.95. The first-order valence-electron chi connectivity index (χ1n) is 7.28. The van der Waals surface area contributed by atoms with Crippen LogP contribution >= 0.6 is 0 Å². The van der Waals surface area contributed by atoms with Gasteiger partial charge in [-0.25, -0.2) is 4.79 Å². The molecule has 0 aliphatic carbocycles. The van der Waals surface area contributed by atoms with Gasteiger partial charge in [0.15, 0.2) is 0 Å². The number of urea groups is 1. The lowest BCUT2D eigenvalue weighted by molar-refractivity contribution is -0.128. The maximum atomic E-state index is 12.2. The highest BCUT2D eigenvalue weighted by atomic mass is 16.3. The number of amides is 3. The number of nitrogens with one attached hydrogen (secondary N) is 1. The number of likely N-dealkylation sites (tertiary alicyclic amines) is 1. The number of rotatable bonds is 3. The monoisotopic (exact) mass is 301 g/mol. The van der Waals surface area contributed by atoms with Crippen molar-refractivity contribution >= 4 is 22.9 Å². The summed E-state index contributed by atoms with van der Waals surface area (Å²) < 4.78 is 5.70. The molecule has 0 saturated carbocycles. The van der Waals surface area contributed by atoms with E-state index in [-0.39, 0.29) is 11.9 Å². The van der Waals surface area contributed by atoms with Crippen LogP contribution in [0.5, 0.6) is 0 Å². The van der Waals surface area contributed by atoms with Gasteiger partial charge in [-0.05, 0) is 18.6 Å². The third-order valence-corrected chi connectivity index (χ3v) is 3.94. The van der Waals surface area contributed by atoms with Crippen molar-refractivity contribution in [2.45, 2.75) is 19.0 Å². The van der Waals surface area contributed by atoms with Gasteiger partial charge in [-0.2, -0.15) is 0 Å². The van der Waals surface area contributed by atoms with Crippen molar-refractivity contribution in [3.8, 4) is 0 Å². The van der Waals surface area contributed by atoms with E-state index in [0.29, 0.717) is 25.3 Å². The summed E-state index contributed by atoms with van der Waals surface area (Å²) in [7, 11) is 3.43. The largest absolute Gasteiger partial charge is 0.459 e. The van der Waals surface area contributed by atoms with Gasteiger partial charge in [0.25, 0.3) is 0 Å². The smallest absolute Gasteiger partial charge is 0.318 e. The number of fused-ring (bicyclic) bond motifs is 1. The molecule has 1 N–H and O–H groups in total. The molecule has 0 radical (unpaired) electrons. The van der Waals surface area contributed by atoms with Gasteiger partial charge in [-0.15, -0.1) is 0 Å². The standard InChI is InChI=1S/C16H19N3O3/c1-18-8-7-13(15(18)20)17-16(21)19(2)10-12-9-11-5-3-4-6-14(11)22-12/h3-6,9,13H,7-8,10H2,1-2H3,(H,17,21)/t13-/m1/s1. The normalized spacial score (nSPS) is 18.0. The van der Waals surface area contributed by atoms with Crippen LogP contribution in [0.3, 0.4) is 0 Å². The van der Waals surface area contributed by atoms with E-state index >= 15 is 0 Å². The second-order valence-corrected chi connectivity index (χ2v) is 5.66. The highest BCUT2D eigenvalue weighted by Gasteiger charge is 2.31. The molecule has 116 valence electrons. The predicted molar refractivity (Wildman–Crippen MR) is 82.3 cm³/mol. The van der Waals surface area contributed by atoms with Crippen LogP contribution in [-0.4, -0.2) is 48.4 Å². The highest BCUT2D eigenvalue weighted by Crippen LogP contribution is 2.19. The first-order valence-corrected chi connectivity index (χ1v) is 7.28. The average molecular weight is 301 g/mol. The van der Waals surface area contributed by atoms with Gasteiger partial charge in [0.1, 0.15) is 17.4 Å². The van der Waals surface area contributed by atoms with E-state index in [2.05, 4.69) is 5.32 Å². The number of carbonyl (C=O) groups excluding carboxylic acids is 2. The third-order valence-electron chi connectivity index (χ3n) is 3.94. The van der Waals surface area contributed by atoms with Crippen LogP contribution in [-0.2, 0) is 11.3 Å². The summed E-state index contributed by atoms with van der Waals surface area (Å²) in [6.45, 7) is 1.04. The van der Waals surface area contributed by atoms with Gasteiger partial charge in [0.05, 0.1) is 6.54 Å². The van der Waals surface area contributed by atoms with Crippen molar-refractivity contribution in [1.82, 2.24) is 15.1 Å². The number of carbonyl (C=O) groups is 2. The minimum absolute atomic E-state index is 0.0366. The lowest BCUT2D eigenvalue weighted by Crippen LogP contribution is -2.46. The van der Waals surface area contributed by atoms with Crippen LogP contribution < -0.4 is 5.32 Å². The number of benzene rings is 1. The third kappa shape index (κ3) is 2.77. The second kappa shape index (κ2) is 5.71. The number of furan rings is 1. The molecule has 3 amide bonds. The van der Waals surface area contributed by atoms with Crippen molar-refractivity contribution < 1.29 is 14.0 Å². The van der Waals surface area contributed by atoms with Crippen molar-refractivity contribution in [1.29, 1.82) is 0 Å². The van der Waals surface area contributed by atoms with Gasteiger partial charge in [-0.3, -0.25) is 4.79 Å². The first kappa shape index (κ1) is 14.4. The Kier molecular flexibility index (Phi) is 3.75. The Labute approximate surface area is 128 Å². The lowest BCUT2D eigenvalue weighted by atomic mass is 10.2. The number of nitrogens with zero attached hydrogens (tertiary/aromatic N) is 2. The molecule has 6 nitrogen and oxygen atoms in total. The van der Waals surface area contributed by atoms with Crippen LogP contribution in [0.25, 0.3) is 11.0 Å². The summed E-state index contributed by atoms with van der Waals surface area (Å²) in [5.41, 5.74) is 0.805. The zero-order valence-electron chi connectivity index (χ0n) is 12.7. The molecule has 1 aliphatic rings. The summed E-state index contributed by atoms with van der Waals surface area (Å²) >= 11 is 0. The number of hydrogen-bond donors (Lipinski definition) is 1. The zero-order valence-corrected chi connectivity index (χ0v) is 12.7. The SMILES string of the molecule is CN(Cc1cc2ccccc2o1)C(=O)N[C@@H]1CCN(C)C1=O. The lowest BCUT2D eigenvalue weighted by Gasteiger charge is -2.19. The molecule has 0 spiro atoms. The topological polar surface area (TPSA) is 65.8 Å². The molecule has 1 saturated heterocycles. The Morgan fingerprint density at radius 3 is 2.91 bits per heavy atom. The maximum absolute atomic E-state index is 12.2. The van der Waals surface area contributed by atoms with Crippen LogP contribution in [0.2, 0.25) is 0 Å². The minimum Gasteiger partial charge on any atom is -0.459 e. The Bertz CT molecular complexity index is 676. The predicted octanol–water partition coefficient (Wildman–Crippen LogP) is 1.80. The Balaban J connectivity index is 1.62. The first-order chi connectivity index (χ1) is 10.5. The molecule has 2 aromatic rings. The Hall–Kier alpha value is -2.50. The number of likely N-dealkylation sites (N-methyl/N-ethyl adjacent to an activating group) is 1. The summed E-state index contributed by atoms with van der Waals surface area (Å²) in [5, 5.41) is 3.78. The van der Waals surface area contributed by atoms with E-state index in [1.54, 1.807) is 19.0 Å². The molecule has 22 heavy (non-hydrogen) atoms. The van der Waals surface area contributed by atoms with Crippen LogP contribution in [0.15, 0.2) is 34.7 Å². The van der Waals surface area contributed by atoms with E-state index in [9.17, 15) is 9.59 Å². The van der Waals surface area contributed by atoms with Gasteiger partial charge < -0.3 is 19.5 Å². The van der Waals surface area contributed by atoms with E-state index in [1.165, 1.54) is 4.90 Å². The fourth-order valence-corrected chi connectivity index (χ4v) is 2.64.